The number of hydrogen-bond donors (Lipinski definition) is 4. The summed E-state index contributed by atoms with van der Waals surface area (Å²) in [6.45, 7) is 3.43. The summed E-state index contributed by atoms with van der Waals surface area (Å²) >= 11 is 0. The van der Waals surface area contributed by atoms with Gasteiger partial charge in [0, 0.05) is 18.3 Å². The zero-order chi connectivity index (χ0) is 22.4. The van der Waals surface area contributed by atoms with Crippen molar-refractivity contribution in [2.45, 2.75) is 26.0 Å². The zero-order valence-corrected chi connectivity index (χ0v) is 17.6. The third-order valence-corrected chi connectivity index (χ3v) is 4.61. The van der Waals surface area contributed by atoms with Crippen molar-refractivity contribution in [2.75, 3.05) is 12.4 Å². The largest absolute Gasteiger partial charge is 0.497 e. The Balaban J connectivity index is 1.78. The number of rotatable bonds is 8. The molecule has 0 radical (unpaired) electrons. The number of anilines is 1. The standard InChI is InChI=1S/C22H25N5O4/c1-22(2,20(23)28)31-19-10-15(16-12-25-26-13-16)7-8-18(19)27-21(29)24-11-14-5-4-6-17(9-14)30-3/h4-10,12-13H,11H2,1-3H3,(H2,23,28)(H,25,26)(H2,24,27,29). The Morgan fingerprint density at radius 3 is 2.65 bits per heavy atom. The van der Waals surface area contributed by atoms with Crippen LogP contribution in [0.15, 0.2) is 54.9 Å². The minimum Gasteiger partial charge on any atom is -0.497 e. The first kappa shape index (κ1) is 21.7. The molecule has 0 spiro atoms. The summed E-state index contributed by atoms with van der Waals surface area (Å²) < 4.78 is 11.1. The van der Waals surface area contributed by atoms with Crippen LogP contribution in [0.5, 0.6) is 11.5 Å². The van der Waals surface area contributed by atoms with Gasteiger partial charge in [0.25, 0.3) is 5.91 Å². The predicted octanol–water partition coefficient (Wildman–Crippen LogP) is 3.05. The molecule has 0 bridgehead atoms. The van der Waals surface area contributed by atoms with Crippen LogP contribution in [-0.2, 0) is 11.3 Å². The van der Waals surface area contributed by atoms with Crippen molar-refractivity contribution < 1.29 is 19.1 Å². The number of carbonyl (C=O) groups is 2. The number of amides is 3. The molecule has 0 aliphatic carbocycles. The number of benzene rings is 2. The minimum atomic E-state index is -1.28. The van der Waals surface area contributed by atoms with Crippen molar-refractivity contribution in [1.29, 1.82) is 0 Å². The van der Waals surface area contributed by atoms with Gasteiger partial charge in [-0.2, -0.15) is 5.10 Å². The van der Waals surface area contributed by atoms with Crippen LogP contribution in [0, 0.1) is 0 Å². The van der Waals surface area contributed by atoms with Crippen molar-refractivity contribution in [3.8, 4) is 22.6 Å². The van der Waals surface area contributed by atoms with Crippen LogP contribution in [0.3, 0.4) is 0 Å². The van der Waals surface area contributed by atoms with E-state index >= 15 is 0 Å². The molecule has 0 unspecified atom stereocenters. The average molecular weight is 423 g/mol. The van der Waals surface area contributed by atoms with E-state index in [9.17, 15) is 9.59 Å². The molecule has 1 aromatic heterocycles. The van der Waals surface area contributed by atoms with Crippen molar-refractivity contribution in [3.05, 3.63) is 60.4 Å². The zero-order valence-electron chi connectivity index (χ0n) is 17.6. The van der Waals surface area contributed by atoms with Crippen LogP contribution in [0.25, 0.3) is 11.1 Å². The molecule has 3 rings (SSSR count). The number of ether oxygens (including phenoxy) is 2. The van der Waals surface area contributed by atoms with E-state index in [0.29, 0.717) is 23.7 Å². The van der Waals surface area contributed by atoms with E-state index in [1.54, 1.807) is 45.5 Å². The van der Waals surface area contributed by atoms with E-state index in [1.807, 2.05) is 30.3 Å². The van der Waals surface area contributed by atoms with Crippen LogP contribution in [0.1, 0.15) is 19.4 Å². The average Bonchev–Trinajstić information content (AvgIpc) is 3.28. The molecular weight excluding hydrogens is 398 g/mol. The highest BCUT2D eigenvalue weighted by molar-refractivity contribution is 5.92. The Morgan fingerprint density at radius 2 is 1.97 bits per heavy atom. The minimum absolute atomic E-state index is 0.305. The SMILES string of the molecule is COc1cccc(CNC(=O)Nc2ccc(-c3cn[nH]c3)cc2OC(C)(C)C(N)=O)c1. The number of aromatic nitrogens is 2. The molecular formula is C22H25N5O4. The summed E-state index contributed by atoms with van der Waals surface area (Å²) in [7, 11) is 1.58. The van der Waals surface area contributed by atoms with E-state index in [-0.39, 0.29) is 0 Å². The Bertz CT molecular complexity index is 1060. The van der Waals surface area contributed by atoms with E-state index in [2.05, 4.69) is 20.8 Å². The van der Waals surface area contributed by atoms with Crippen molar-refractivity contribution in [1.82, 2.24) is 15.5 Å². The van der Waals surface area contributed by atoms with E-state index in [4.69, 9.17) is 15.2 Å². The number of primary amides is 1. The van der Waals surface area contributed by atoms with Gasteiger partial charge >= 0.3 is 6.03 Å². The van der Waals surface area contributed by atoms with Crippen LogP contribution in [-0.4, -0.2) is 34.8 Å². The quantitative estimate of drug-likeness (QED) is 0.442. The van der Waals surface area contributed by atoms with E-state index in [0.717, 1.165) is 16.7 Å². The van der Waals surface area contributed by atoms with Gasteiger partial charge in [0.2, 0.25) is 0 Å². The van der Waals surface area contributed by atoms with Gasteiger partial charge < -0.3 is 25.8 Å². The normalized spacial score (nSPS) is 10.9. The molecule has 9 heteroatoms. The maximum Gasteiger partial charge on any atom is 0.319 e. The molecule has 0 aliphatic rings. The van der Waals surface area contributed by atoms with E-state index < -0.39 is 17.5 Å². The summed E-state index contributed by atoms with van der Waals surface area (Å²) in [6.07, 6.45) is 3.39. The lowest BCUT2D eigenvalue weighted by Gasteiger charge is -2.25. The summed E-state index contributed by atoms with van der Waals surface area (Å²) in [5.41, 5.74) is 7.08. The molecule has 3 amide bonds. The van der Waals surface area contributed by atoms with E-state index in [1.165, 1.54) is 0 Å². The first-order valence-corrected chi connectivity index (χ1v) is 9.58. The highest BCUT2D eigenvalue weighted by Gasteiger charge is 2.28. The van der Waals surface area contributed by atoms with Crippen LogP contribution in [0.4, 0.5) is 10.5 Å². The second-order valence-corrected chi connectivity index (χ2v) is 7.33. The number of methoxy groups -OCH3 is 1. The molecule has 31 heavy (non-hydrogen) atoms. The number of nitrogens with zero attached hydrogens (tertiary/aromatic N) is 1. The Kier molecular flexibility index (Phi) is 6.44. The first-order valence-electron chi connectivity index (χ1n) is 9.58. The van der Waals surface area contributed by atoms with Gasteiger partial charge in [-0.05, 0) is 49.2 Å². The monoisotopic (exact) mass is 423 g/mol. The Morgan fingerprint density at radius 1 is 1.16 bits per heavy atom. The first-order chi connectivity index (χ1) is 14.8. The van der Waals surface area contributed by atoms with Crippen molar-refractivity contribution in [2.24, 2.45) is 5.73 Å². The molecule has 0 atom stereocenters. The highest BCUT2D eigenvalue weighted by Crippen LogP contribution is 2.33. The smallest absolute Gasteiger partial charge is 0.319 e. The number of nitrogens with one attached hydrogen (secondary N) is 3. The van der Waals surface area contributed by atoms with Gasteiger partial charge in [0.05, 0.1) is 19.0 Å². The molecule has 1 heterocycles. The van der Waals surface area contributed by atoms with Gasteiger partial charge in [0.15, 0.2) is 5.60 Å². The lowest BCUT2D eigenvalue weighted by molar-refractivity contribution is -0.130. The number of aromatic amines is 1. The summed E-state index contributed by atoms with van der Waals surface area (Å²) in [4.78, 5) is 24.2. The number of hydrogen-bond acceptors (Lipinski definition) is 5. The fourth-order valence-electron chi connectivity index (χ4n) is 2.75. The second-order valence-electron chi connectivity index (χ2n) is 7.33. The predicted molar refractivity (Wildman–Crippen MR) is 117 cm³/mol. The van der Waals surface area contributed by atoms with Gasteiger partial charge in [-0.3, -0.25) is 9.89 Å². The molecule has 2 aromatic carbocycles. The second kappa shape index (κ2) is 9.21. The number of urea groups is 1. The third-order valence-electron chi connectivity index (χ3n) is 4.61. The van der Waals surface area contributed by atoms with Crippen LogP contribution < -0.4 is 25.8 Å². The fraction of sp³-hybridized carbons (Fsp3) is 0.227. The molecule has 0 aliphatic heterocycles. The number of nitrogens with two attached hydrogens (primary N) is 1. The summed E-state index contributed by atoms with van der Waals surface area (Å²) in [5, 5.41) is 12.2. The van der Waals surface area contributed by atoms with Crippen LogP contribution in [0.2, 0.25) is 0 Å². The van der Waals surface area contributed by atoms with Crippen molar-refractivity contribution in [3.63, 3.8) is 0 Å². The number of H-pyrrole nitrogens is 1. The van der Waals surface area contributed by atoms with Gasteiger partial charge in [-0.1, -0.05) is 18.2 Å². The topological polar surface area (TPSA) is 131 Å². The number of carbonyl (C=O) groups excluding carboxylic acids is 2. The molecule has 5 N–H and O–H groups in total. The molecule has 0 saturated carbocycles. The Labute approximate surface area is 179 Å². The summed E-state index contributed by atoms with van der Waals surface area (Å²) in [6, 6.07) is 12.2. The fourth-order valence-corrected chi connectivity index (χ4v) is 2.75. The molecule has 9 nitrogen and oxygen atoms in total. The summed E-state index contributed by atoms with van der Waals surface area (Å²) in [5.74, 6) is 0.382. The lowest BCUT2D eigenvalue weighted by Crippen LogP contribution is -2.43. The maximum absolute atomic E-state index is 12.5. The lowest BCUT2D eigenvalue weighted by atomic mass is 10.1. The molecule has 3 aromatic rings. The van der Waals surface area contributed by atoms with Crippen LogP contribution >= 0.6 is 0 Å². The highest BCUT2D eigenvalue weighted by atomic mass is 16.5. The maximum atomic E-state index is 12.5. The molecule has 0 fully saturated rings. The molecule has 0 saturated heterocycles. The third kappa shape index (κ3) is 5.53. The Hall–Kier alpha value is -4.01. The molecule has 162 valence electrons. The van der Waals surface area contributed by atoms with Gasteiger partial charge in [0.1, 0.15) is 11.5 Å². The van der Waals surface area contributed by atoms with Gasteiger partial charge in [-0.25, -0.2) is 4.79 Å². The van der Waals surface area contributed by atoms with Gasteiger partial charge in [-0.15, -0.1) is 0 Å². The van der Waals surface area contributed by atoms with Crippen molar-refractivity contribution >= 4 is 17.6 Å².